The largest absolute Gasteiger partial charge is 0.478 e. The van der Waals surface area contributed by atoms with Crippen molar-refractivity contribution in [3.63, 3.8) is 0 Å². The number of aromatic carboxylic acids is 1. The first kappa shape index (κ1) is 11.3. The Hall–Kier alpha value is -1.20. The Kier molecular flexibility index (Phi) is 3.07. The Bertz CT molecular complexity index is 551. The van der Waals surface area contributed by atoms with Gasteiger partial charge in [0, 0.05) is 14.9 Å². The van der Waals surface area contributed by atoms with Gasteiger partial charge in [0.2, 0.25) is 0 Å². The zero-order valence-corrected chi connectivity index (χ0v) is 10.3. The predicted octanol–water partition coefficient (Wildman–Crippen LogP) is 4.01. The van der Waals surface area contributed by atoms with Crippen LogP contribution in [0.25, 0.3) is 10.4 Å². The van der Waals surface area contributed by atoms with Crippen molar-refractivity contribution < 1.29 is 14.3 Å². The third-order valence-corrected chi connectivity index (χ3v) is 3.96. The first-order valence-electron chi connectivity index (χ1n) is 4.36. The Morgan fingerprint density at radius 3 is 2.69 bits per heavy atom. The second-order valence-corrected chi connectivity index (χ2v) is 4.84. The van der Waals surface area contributed by atoms with Crippen LogP contribution in [0.2, 0.25) is 0 Å². The molecule has 0 aliphatic carbocycles. The maximum Gasteiger partial charge on any atom is 0.339 e. The van der Waals surface area contributed by atoms with Crippen LogP contribution in [0.5, 0.6) is 0 Å². The fourth-order valence-electron chi connectivity index (χ4n) is 1.42. The molecule has 1 aromatic carbocycles. The van der Waals surface area contributed by atoms with Crippen molar-refractivity contribution in [3.8, 4) is 10.4 Å². The van der Waals surface area contributed by atoms with Crippen molar-refractivity contribution in [3.05, 3.63) is 45.5 Å². The van der Waals surface area contributed by atoms with Crippen LogP contribution in [-0.4, -0.2) is 11.1 Å². The van der Waals surface area contributed by atoms with Crippen LogP contribution >= 0.6 is 27.3 Å². The molecule has 0 fully saturated rings. The first-order chi connectivity index (χ1) is 7.61. The van der Waals surface area contributed by atoms with E-state index in [-0.39, 0.29) is 5.56 Å². The quantitative estimate of drug-likeness (QED) is 0.910. The van der Waals surface area contributed by atoms with Crippen LogP contribution in [-0.2, 0) is 0 Å². The van der Waals surface area contributed by atoms with Crippen molar-refractivity contribution in [2.45, 2.75) is 0 Å². The Balaban J connectivity index is 2.70. The number of rotatable bonds is 2. The molecule has 5 heteroatoms. The van der Waals surface area contributed by atoms with E-state index >= 15 is 0 Å². The van der Waals surface area contributed by atoms with Crippen molar-refractivity contribution in [2.24, 2.45) is 0 Å². The van der Waals surface area contributed by atoms with Gasteiger partial charge >= 0.3 is 5.97 Å². The topological polar surface area (TPSA) is 37.3 Å². The van der Waals surface area contributed by atoms with Gasteiger partial charge in [-0.15, -0.1) is 11.3 Å². The van der Waals surface area contributed by atoms with Crippen LogP contribution in [0.15, 0.2) is 34.1 Å². The second-order valence-electron chi connectivity index (χ2n) is 3.07. The molecule has 0 atom stereocenters. The smallest absolute Gasteiger partial charge is 0.339 e. The van der Waals surface area contributed by atoms with E-state index in [0.717, 1.165) is 15.4 Å². The summed E-state index contributed by atoms with van der Waals surface area (Å²) in [6.45, 7) is 0. The van der Waals surface area contributed by atoms with Gasteiger partial charge in [0.25, 0.3) is 0 Å². The lowest BCUT2D eigenvalue weighted by atomic mass is 10.1. The third-order valence-electron chi connectivity index (χ3n) is 2.09. The number of benzene rings is 1. The zero-order valence-electron chi connectivity index (χ0n) is 7.91. The highest BCUT2D eigenvalue weighted by molar-refractivity contribution is 9.10. The summed E-state index contributed by atoms with van der Waals surface area (Å²) in [5.74, 6) is -1.97. The minimum atomic E-state index is -1.26. The molecular weight excluding hydrogens is 295 g/mol. The van der Waals surface area contributed by atoms with Crippen LogP contribution in [0.4, 0.5) is 4.39 Å². The molecule has 0 aliphatic heterocycles. The minimum Gasteiger partial charge on any atom is -0.478 e. The van der Waals surface area contributed by atoms with E-state index < -0.39 is 11.8 Å². The minimum absolute atomic E-state index is 0.286. The molecule has 0 unspecified atom stereocenters. The van der Waals surface area contributed by atoms with Gasteiger partial charge in [-0.05, 0) is 33.4 Å². The number of hydrogen-bond donors (Lipinski definition) is 1. The van der Waals surface area contributed by atoms with Gasteiger partial charge in [-0.1, -0.05) is 12.1 Å². The van der Waals surface area contributed by atoms with Crippen LogP contribution in [0, 0.1) is 5.82 Å². The number of halogens is 2. The maximum atomic E-state index is 13.4. The normalized spacial score (nSPS) is 10.4. The van der Waals surface area contributed by atoms with Gasteiger partial charge in [-0.25, -0.2) is 9.18 Å². The first-order valence-corrected chi connectivity index (χ1v) is 6.03. The Morgan fingerprint density at radius 1 is 1.38 bits per heavy atom. The number of carboxylic acids is 1. The van der Waals surface area contributed by atoms with Crippen molar-refractivity contribution in [1.29, 1.82) is 0 Å². The summed E-state index contributed by atoms with van der Waals surface area (Å²) < 4.78 is 14.2. The molecule has 0 saturated carbocycles. The molecule has 0 saturated heterocycles. The van der Waals surface area contributed by atoms with Crippen molar-refractivity contribution in [1.82, 2.24) is 0 Å². The summed E-state index contributed by atoms with van der Waals surface area (Å²) in [7, 11) is 0. The van der Waals surface area contributed by atoms with E-state index in [9.17, 15) is 9.18 Å². The lowest BCUT2D eigenvalue weighted by Crippen LogP contribution is -2.02. The summed E-state index contributed by atoms with van der Waals surface area (Å²) >= 11 is 4.67. The fourth-order valence-corrected chi connectivity index (χ4v) is 3.04. The Labute approximate surface area is 103 Å². The highest BCUT2D eigenvalue weighted by Gasteiger charge is 2.18. The van der Waals surface area contributed by atoms with E-state index in [2.05, 4.69) is 15.9 Å². The van der Waals surface area contributed by atoms with Gasteiger partial charge in [-0.3, -0.25) is 0 Å². The SMILES string of the molecule is O=C(O)c1c(F)cccc1-c1sccc1Br. The molecule has 2 aromatic rings. The van der Waals surface area contributed by atoms with E-state index in [0.29, 0.717) is 5.56 Å². The summed E-state index contributed by atoms with van der Waals surface area (Å²) in [5, 5.41) is 10.8. The van der Waals surface area contributed by atoms with Gasteiger partial charge in [0.15, 0.2) is 0 Å². The van der Waals surface area contributed by atoms with E-state index in [1.54, 1.807) is 12.1 Å². The van der Waals surface area contributed by atoms with E-state index in [1.165, 1.54) is 17.4 Å². The van der Waals surface area contributed by atoms with Crippen molar-refractivity contribution >= 4 is 33.2 Å². The van der Waals surface area contributed by atoms with E-state index in [4.69, 9.17) is 5.11 Å². The number of carbonyl (C=O) groups is 1. The molecule has 2 rings (SSSR count). The molecule has 0 aliphatic rings. The number of thiophene rings is 1. The lowest BCUT2D eigenvalue weighted by Gasteiger charge is -2.05. The number of carboxylic acid groups (broad SMARTS) is 1. The third kappa shape index (κ3) is 1.88. The number of hydrogen-bond acceptors (Lipinski definition) is 2. The zero-order chi connectivity index (χ0) is 11.7. The molecule has 0 amide bonds. The monoisotopic (exact) mass is 300 g/mol. The van der Waals surface area contributed by atoms with Gasteiger partial charge in [-0.2, -0.15) is 0 Å². The predicted molar refractivity (Wildman–Crippen MR) is 64.4 cm³/mol. The maximum absolute atomic E-state index is 13.4. The van der Waals surface area contributed by atoms with Crippen LogP contribution < -0.4 is 0 Å². The standard InChI is InChI=1S/C11H6BrFO2S/c12-7-4-5-16-10(7)6-2-1-3-8(13)9(6)11(14)15/h1-5H,(H,14,15). The molecule has 0 spiro atoms. The molecular formula is C11H6BrFO2S. The molecule has 0 radical (unpaired) electrons. The second kappa shape index (κ2) is 4.35. The fraction of sp³-hybridized carbons (Fsp3) is 0. The molecule has 2 nitrogen and oxygen atoms in total. The van der Waals surface area contributed by atoms with Gasteiger partial charge in [0.05, 0.1) is 0 Å². The molecule has 0 bridgehead atoms. The van der Waals surface area contributed by atoms with Gasteiger partial charge < -0.3 is 5.11 Å². The average molecular weight is 301 g/mol. The highest BCUT2D eigenvalue weighted by Crippen LogP contribution is 2.36. The van der Waals surface area contributed by atoms with Crippen LogP contribution in [0.1, 0.15) is 10.4 Å². The summed E-state index contributed by atoms with van der Waals surface area (Å²) in [5.41, 5.74) is 0.111. The molecule has 1 aromatic heterocycles. The van der Waals surface area contributed by atoms with Crippen LogP contribution in [0.3, 0.4) is 0 Å². The van der Waals surface area contributed by atoms with Crippen molar-refractivity contribution in [2.75, 3.05) is 0 Å². The summed E-state index contributed by atoms with van der Waals surface area (Å²) in [4.78, 5) is 11.7. The molecule has 1 N–H and O–H groups in total. The molecule has 1 heterocycles. The summed E-state index contributed by atoms with van der Waals surface area (Å²) in [6, 6.07) is 6.05. The highest BCUT2D eigenvalue weighted by atomic mass is 79.9. The molecule has 82 valence electrons. The molecule has 16 heavy (non-hydrogen) atoms. The lowest BCUT2D eigenvalue weighted by molar-refractivity contribution is 0.0693. The van der Waals surface area contributed by atoms with E-state index in [1.807, 2.05) is 5.38 Å². The Morgan fingerprint density at radius 2 is 2.12 bits per heavy atom. The average Bonchev–Trinajstić information content (AvgIpc) is 2.63. The van der Waals surface area contributed by atoms with Gasteiger partial charge in [0.1, 0.15) is 11.4 Å². The summed E-state index contributed by atoms with van der Waals surface area (Å²) in [6.07, 6.45) is 0.